The van der Waals surface area contributed by atoms with Crippen molar-refractivity contribution < 1.29 is 4.74 Å². The van der Waals surface area contributed by atoms with Gasteiger partial charge in [0.15, 0.2) is 5.43 Å². The molecule has 0 radical (unpaired) electrons. The fourth-order valence-electron chi connectivity index (χ4n) is 2.27. The summed E-state index contributed by atoms with van der Waals surface area (Å²) in [6.07, 6.45) is 3.86. The highest BCUT2D eigenvalue weighted by atomic mass is 16.5. The van der Waals surface area contributed by atoms with Gasteiger partial charge in [-0.05, 0) is 23.8 Å². The van der Waals surface area contributed by atoms with E-state index in [-0.39, 0.29) is 5.43 Å². The predicted molar refractivity (Wildman–Crippen MR) is 86.5 cm³/mol. The molecule has 1 N–H and O–H groups in total. The third-order valence-corrected chi connectivity index (χ3v) is 3.32. The molecule has 0 aliphatic rings. The molecule has 0 aliphatic heterocycles. The van der Waals surface area contributed by atoms with Crippen molar-refractivity contribution in [1.82, 2.24) is 4.98 Å². The lowest BCUT2D eigenvalue weighted by Crippen LogP contribution is -2.03. The first-order valence-electron chi connectivity index (χ1n) is 6.71. The van der Waals surface area contributed by atoms with Crippen LogP contribution in [0.2, 0.25) is 0 Å². The molecular weight excluding hydrogens is 262 g/mol. The average Bonchev–Trinajstić information content (AvgIpc) is 2.53. The molecule has 0 fully saturated rings. The second kappa shape index (κ2) is 5.67. The lowest BCUT2D eigenvalue weighted by Gasteiger charge is -2.06. The standard InChI is InChI=1S/C18H15NO2/c1-21-17-9-5-8-15-16(20)12-14(19-18(15)17)11-10-13-6-3-2-4-7-13/h2-12H,1H3,(H,19,20)/b11-10+. The van der Waals surface area contributed by atoms with Gasteiger partial charge in [0.25, 0.3) is 0 Å². The number of hydrogen-bond donors (Lipinski definition) is 1. The topological polar surface area (TPSA) is 42.1 Å². The summed E-state index contributed by atoms with van der Waals surface area (Å²) in [7, 11) is 1.60. The normalized spacial score (nSPS) is 11.1. The van der Waals surface area contributed by atoms with E-state index in [0.717, 1.165) is 16.8 Å². The van der Waals surface area contributed by atoms with E-state index >= 15 is 0 Å². The number of aromatic nitrogens is 1. The van der Waals surface area contributed by atoms with Crippen LogP contribution in [0.4, 0.5) is 0 Å². The van der Waals surface area contributed by atoms with Crippen molar-refractivity contribution in [2.45, 2.75) is 0 Å². The number of benzene rings is 2. The summed E-state index contributed by atoms with van der Waals surface area (Å²) < 4.78 is 5.31. The second-order valence-corrected chi connectivity index (χ2v) is 4.72. The zero-order valence-corrected chi connectivity index (χ0v) is 11.7. The number of hydrogen-bond acceptors (Lipinski definition) is 2. The Morgan fingerprint density at radius 2 is 1.81 bits per heavy atom. The lowest BCUT2D eigenvalue weighted by atomic mass is 10.1. The third-order valence-electron chi connectivity index (χ3n) is 3.32. The Labute approximate surface area is 122 Å². The number of ether oxygens (including phenoxy) is 1. The first kappa shape index (κ1) is 13.2. The number of fused-ring (bicyclic) bond motifs is 1. The van der Waals surface area contributed by atoms with E-state index in [0.29, 0.717) is 11.1 Å². The van der Waals surface area contributed by atoms with Gasteiger partial charge < -0.3 is 9.72 Å². The van der Waals surface area contributed by atoms with Crippen LogP contribution in [-0.2, 0) is 0 Å². The summed E-state index contributed by atoms with van der Waals surface area (Å²) in [6, 6.07) is 17.0. The number of nitrogens with one attached hydrogen (secondary N) is 1. The largest absolute Gasteiger partial charge is 0.495 e. The van der Waals surface area contributed by atoms with E-state index in [9.17, 15) is 4.79 Å². The maximum absolute atomic E-state index is 12.2. The quantitative estimate of drug-likeness (QED) is 0.793. The molecule has 3 nitrogen and oxygen atoms in total. The minimum atomic E-state index is -0.0182. The van der Waals surface area contributed by atoms with E-state index in [2.05, 4.69) is 4.98 Å². The van der Waals surface area contributed by atoms with Crippen LogP contribution in [0, 0.1) is 0 Å². The highest BCUT2D eigenvalue weighted by molar-refractivity contribution is 5.85. The van der Waals surface area contributed by atoms with Gasteiger partial charge in [-0.25, -0.2) is 0 Å². The van der Waals surface area contributed by atoms with E-state index in [1.807, 2.05) is 54.6 Å². The van der Waals surface area contributed by atoms with Crippen LogP contribution >= 0.6 is 0 Å². The first-order valence-corrected chi connectivity index (χ1v) is 6.71. The molecule has 0 atom stereocenters. The Hall–Kier alpha value is -2.81. The van der Waals surface area contributed by atoms with Crippen LogP contribution in [0.5, 0.6) is 5.75 Å². The predicted octanol–water partition coefficient (Wildman–Crippen LogP) is 3.71. The highest BCUT2D eigenvalue weighted by Gasteiger charge is 2.05. The lowest BCUT2D eigenvalue weighted by molar-refractivity contribution is 0.419. The molecule has 0 bridgehead atoms. The maximum atomic E-state index is 12.2. The molecule has 0 saturated heterocycles. The van der Waals surface area contributed by atoms with Crippen LogP contribution in [0.25, 0.3) is 23.1 Å². The van der Waals surface area contributed by atoms with Crippen molar-refractivity contribution in [2.24, 2.45) is 0 Å². The summed E-state index contributed by atoms with van der Waals surface area (Å²) in [5, 5.41) is 0.631. The van der Waals surface area contributed by atoms with Crippen molar-refractivity contribution in [3.8, 4) is 5.75 Å². The molecule has 3 heteroatoms. The second-order valence-electron chi connectivity index (χ2n) is 4.72. The monoisotopic (exact) mass is 277 g/mol. The van der Waals surface area contributed by atoms with E-state index in [1.165, 1.54) is 0 Å². The smallest absolute Gasteiger partial charge is 0.190 e. The first-order chi connectivity index (χ1) is 10.3. The number of para-hydroxylation sites is 1. The number of pyridine rings is 1. The molecule has 21 heavy (non-hydrogen) atoms. The van der Waals surface area contributed by atoms with Gasteiger partial charge in [-0.2, -0.15) is 0 Å². The molecule has 2 aromatic carbocycles. The van der Waals surface area contributed by atoms with Crippen molar-refractivity contribution in [2.75, 3.05) is 7.11 Å². The van der Waals surface area contributed by atoms with E-state index in [4.69, 9.17) is 4.74 Å². The Kier molecular flexibility index (Phi) is 3.56. The number of aromatic amines is 1. The van der Waals surface area contributed by atoms with Gasteiger partial charge in [0.1, 0.15) is 5.75 Å². The van der Waals surface area contributed by atoms with Crippen LogP contribution < -0.4 is 10.2 Å². The zero-order chi connectivity index (χ0) is 14.7. The molecular formula is C18H15NO2. The highest BCUT2D eigenvalue weighted by Crippen LogP contribution is 2.21. The number of methoxy groups -OCH3 is 1. The minimum Gasteiger partial charge on any atom is -0.495 e. The molecule has 3 rings (SSSR count). The van der Waals surface area contributed by atoms with Gasteiger partial charge >= 0.3 is 0 Å². The molecule has 3 aromatic rings. The van der Waals surface area contributed by atoms with Gasteiger partial charge in [-0.3, -0.25) is 4.79 Å². The number of rotatable bonds is 3. The van der Waals surface area contributed by atoms with Gasteiger partial charge in [0.2, 0.25) is 0 Å². The molecule has 0 aliphatic carbocycles. The van der Waals surface area contributed by atoms with Gasteiger partial charge in [-0.15, -0.1) is 0 Å². The van der Waals surface area contributed by atoms with E-state index < -0.39 is 0 Å². The number of H-pyrrole nitrogens is 1. The van der Waals surface area contributed by atoms with Crippen molar-refractivity contribution in [1.29, 1.82) is 0 Å². The Bertz CT molecular complexity index is 848. The molecule has 0 amide bonds. The fourth-order valence-corrected chi connectivity index (χ4v) is 2.27. The third kappa shape index (κ3) is 2.72. The minimum absolute atomic E-state index is 0.0182. The van der Waals surface area contributed by atoms with Crippen LogP contribution in [0.1, 0.15) is 11.3 Å². The Balaban J connectivity index is 2.08. The van der Waals surface area contributed by atoms with Gasteiger partial charge in [-0.1, -0.05) is 42.5 Å². The fraction of sp³-hybridized carbons (Fsp3) is 0.0556. The van der Waals surface area contributed by atoms with Crippen molar-refractivity contribution in [3.63, 3.8) is 0 Å². The summed E-state index contributed by atoms with van der Waals surface area (Å²) in [6.45, 7) is 0. The molecule has 104 valence electrons. The SMILES string of the molecule is COc1cccc2c(=O)cc(/C=C/c3ccccc3)[nH]c12. The molecule has 1 heterocycles. The van der Waals surface area contributed by atoms with Crippen molar-refractivity contribution in [3.05, 3.63) is 76.1 Å². The average molecular weight is 277 g/mol. The molecule has 0 saturated carbocycles. The molecule has 1 aromatic heterocycles. The zero-order valence-electron chi connectivity index (χ0n) is 11.7. The van der Waals surface area contributed by atoms with E-state index in [1.54, 1.807) is 19.2 Å². The van der Waals surface area contributed by atoms with Gasteiger partial charge in [0.05, 0.1) is 12.6 Å². The molecule has 0 spiro atoms. The van der Waals surface area contributed by atoms with Crippen LogP contribution in [-0.4, -0.2) is 12.1 Å². The van der Waals surface area contributed by atoms with Crippen LogP contribution in [0.3, 0.4) is 0 Å². The van der Waals surface area contributed by atoms with Crippen LogP contribution in [0.15, 0.2) is 59.4 Å². The summed E-state index contributed by atoms with van der Waals surface area (Å²) >= 11 is 0. The maximum Gasteiger partial charge on any atom is 0.190 e. The summed E-state index contributed by atoms with van der Waals surface area (Å²) in [5.74, 6) is 0.666. The summed E-state index contributed by atoms with van der Waals surface area (Å²) in [4.78, 5) is 15.4. The van der Waals surface area contributed by atoms with Gasteiger partial charge in [0, 0.05) is 17.1 Å². The molecule has 0 unspecified atom stereocenters. The van der Waals surface area contributed by atoms with Crippen molar-refractivity contribution >= 4 is 23.1 Å². The summed E-state index contributed by atoms with van der Waals surface area (Å²) in [5.41, 5.74) is 2.54. The Morgan fingerprint density at radius 1 is 1.00 bits per heavy atom. The Morgan fingerprint density at radius 3 is 2.57 bits per heavy atom.